The lowest BCUT2D eigenvalue weighted by Crippen LogP contribution is -2.54. The van der Waals surface area contributed by atoms with Crippen molar-refractivity contribution in [3.8, 4) is 0 Å². The van der Waals surface area contributed by atoms with Crippen molar-refractivity contribution in [3.05, 3.63) is 64.7 Å². The van der Waals surface area contributed by atoms with Crippen molar-refractivity contribution in [2.24, 2.45) is 0 Å². The van der Waals surface area contributed by atoms with Crippen LogP contribution in [-0.2, 0) is 16.0 Å². The molecule has 1 saturated heterocycles. The van der Waals surface area contributed by atoms with Gasteiger partial charge in [-0.1, -0.05) is 45.4 Å². The van der Waals surface area contributed by atoms with Crippen molar-refractivity contribution in [2.45, 2.75) is 46.0 Å². The summed E-state index contributed by atoms with van der Waals surface area (Å²) in [4.78, 5) is 29.7. The molecule has 4 rings (SSSR count). The van der Waals surface area contributed by atoms with Gasteiger partial charge in [0.05, 0.1) is 5.69 Å². The predicted octanol–water partition coefficient (Wildman–Crippen LogP) is 4.80. The van der Waals surface area contributed by atoms with E-state index in [0.717, 1.165) is 25.1 Å². The molecule has 2 aromatic rings. The van der Waals surface area contributed by atoms with E-state index >= 15 is 0 Å². The van der Waals surface area contributed by atoms with E-state index in [1.54, 1.807) is 6.08 Å². The number of unbranched alkanes of at least 4 members (excludes halogenated alkanes) is 1. The van der Waals surface area contributed by atoms with Crippen LogP contribution >= 0.6 is 12.2 Å². The van der Waals surface area contributed by atoms with Gasteiger partial charge in [-0.2, -0.15) is 0 Å². The number of fused-ring (bicyclic) bond motifs is 1. The molecule has 1 fully saturated rings. The van der Waals surface area contributed by atoms with Gasteiger partial charge < -0.3 is 4.90 Å². The fraction of sp³-hybridized carbons (Fsp3) is 0.346. The first-order valence-corrected chi connectivity index (χ1v) is 11.7. The number of hydrogen-bond donors (Lipinski definition) is 1. The average molecular weight is 448 g/mol. The second-order valence-corrected chi connectivity index (χ2v) is 9.07. The van der Waals surface area contributed by atoms with Crippen LogP contribution in [0, 0.1) is 0 Å². The van der Waals surface area contributed by atoms with Crippen LogP contribution in [0.3, 0.4) is 0 Å². The van der Waals surface area contributed by atoms with Crippen molar-refractivity contribution >= 4 is 46.6 Å². The van der Waals surface area contributed by atoms with E-state index in [1.165, 1.54) is 34.6 Å². The number of hydrogen-bond acceptors (Lipinski definition) is 4. The highest BCUT2D eigenvalue weighted by Crippen LogP contribution is 2.30. The van der Waals surface area contributed by atoms with E-state index in [4.69, 9.17) is 12.2 Å². The first-order chi connectivity index (χ1) is 15.4. The zero-order valence-electron chi connectivity index (χ0n) is 18.9. The van der Waals surface area contributed by atoms with Gasteiger partial charge in [-0.05, 0) is 78.0 Å². The second-order valence-electron chi connectivity index (χ2n) is 8.68. The first kappa shape index (κ1) is 22.2. The Labute approximate surface area is 195 Å². The van der Waals surface area contributed by atoms with Crippen LogP contribution in [0.1, 0.15) is 56.2 Å². The number of nitrogens with one attached hydrogen (secondary N) is 1. The first-order valence-electron chi connectivity index (χ1n) is 11.3. The molecular formula is C26H29N3O2S. The monoisotopic (exact) mass is 447 g/mol. The van der Waals surface area contributed by atoms with Crippen LogP contribution in [0.4, 0.5) is 11.4 Å². The summed E-state index contributed by atoms with van der Waals surface area (Å²) in [6.45, 7) is 8.51. The SMILES string of the molecule is CCCCN1CCc2cc(C=C3C(=O)NC(=S)N(c4ccc(C(C)C)cc4)C3=O)ccc21. The number of benzene rings is 2. The fourth-order valence-corrected chi connectivity index (χ4v) is 4.51. The fourth-order valence-electron chi connectivity index (χ4n) is 4.23. The van der Waals surface area contributed by atoms with E-state index in [1.807, 2.05) is 30.3 Å². The van der Waals surface area contributed by atoms with E-state index in [-0.39, 0.29) is 10.7 Å². The smallest absolute Gasteiger partial charge is 0.270 e. The van der Waals surface area contributed by atoms with Gasteiger partial charge in [0.2, 0.25) is 0 Å². The molecule has 32 heavy (non-hydrogen) atoms. The molecule has 0 spiro atoms. The number of thiocarbonyl (C=S) groups is 1. The van der Waals surface area contributed by atoms with Crippen molar-refractivity contribution < 1.29 is 9.59 Å². The largest absolute Gasteiger partial charge is 0.371 e. The highest BCUT2D eigenvalue weighted by atomic mass is 32.1. The summed E-state index contributed by atoms with van der Waals surface area (Å²) in [7, 11) is 0. The molecule has 5 nitrogen and oxygen atoms in total. The zero-order chi connectivity index (χ0) is 22.8. The molecule has 0 radical (unpaired) electrons. The van der Waals surface area contributed by atoms with Crippen molar-refractivity contribution in [1.82, 2.24) is 5.32 Å². The number of carbonyl (C=O) groups is 2. The van der Waals surface area contributed by atoms with Crippen LogP contribution in [0.25, 0.3) is 6.08 Å². The Bertz CT molecular complexity index is 1090. The summed E-state index contributed by atoms with van der Waals surface area (Å²) >= 11 is 5.32. The molecule has 0 unspecified atom stereocenters. The van der Waals surface area contributed by atoms with Crippen LogP contribution in [0.5, 0.6) is 0 Å². The molecule has 2 aliphatic rings. The quantitative estimate of drug-likeness (QED) is 0.392. The highest BCUT2D eigenvalue weighted by molar-refractivity contribution is 7.80. The molecule has 0 saturated carbocycles. The van der Waals surface area contributed by atoms with Crippen LogP contribution in [-0.4, -0.2) is 30.0 Å². The van der Waals surface area contributed by atoms with Crippen LogP contribution < -0.4 is 15.1 Å². The third-order valence-corrected chi connectivity index (χ3v) is 6.39. The topological polar surface area (TPSA) is 52.7 Å². The normalized spacial score (nSPS) is 17.4. The maximum Gasteiger partial charge on any atom is 0.270 e. The van der Waals surface area contributed by atoms with Crippen LogP contribution in [0.2, 0.25) is 0 Å². The Kier molecular flexibility index (Phi) is 6.42. The lowest BCUT2D eigenvalue weighted by atomic mass is 10.0. The highest BCUT2D eigenvalue weighted by Gasteiger charge is 2.34. The molecule has 166 valence electrons. The molecule has 0 aromatic heterocycles. The average Bonchev–Trinajstić information content (AvgIpc) is 3.17. The molecular weight excluding hydrogens is 418 g/mol. The molecule has 0 atom stereocenters. The minimum atomic E-state index is -0.458. The molecule has 2 amide bonds. The van der Waals surface area contributed by atoms with Gasteiger partial charge in [0, 0.05) is 18.8 Å². The molecule has 2 aromatic carbocycles. The third-order valence-electron chi connectivity index (χ3n) is 6.11. The van der Waals surface area contributed by atoms with E-state index in [9.17, 15) is 9.59 Å². The van der Waals surface area contributed by atoms with E-state index < -0.39 is 11.8 Å². The Morgan fingerprint density at radius 2 is 1.88 bits per heavy atom. The lowest BCUT2D eigenvalue weighted by Gasteiger charge is -2.29. The minimum Gasteiger partial charge on any atom is -0.371 e. The van der Waals surface area contributed by atoms with Crippen LogP contribution in [0.15, 0.2) is 48.0 Å². The zero-order valence-corrected chi connectivity index (χ0v) is 19.7. The van der Waals surface area contributed by atoms with Gasteiger partial charge in [-0.25, -0.2) is 0 Å². The maximum atomic E-state index is 13.3. The summed E-state index contributed by atoms with van der Waals surface area (Å²) in [6, 6.07) is 13.9. The summed E-state index contributed by atoms with van der Waals surface area (Å²) in [5.74, 6) is -0.470. The van der Waals surface area contributed by atoms with Crippen molar-refractivity contribution in [3.63, 3.8) is 0 Å². The van der Waals surface area contributed by atoms with E-state index in [2.05, 4.69) is 43.1 Å². The minimum absolute atomic E-state index is 0.0901. The summed E-state index contributed by atoms with van der Waals surface area (Å²) in [6.07, 6.45) is 5.00. The van der Waals surface area contributed by atoms with Crippen molar-refractivity contribution in [2.75, 3.05) is 22.9 Å². The molecule has 6 heteroatoms. The van der Waals surface area contributed by atoms with Gasteiger partial charge in [0.1, 0.15) is 5.57 Å². The Morgan fingerprint density at radius 1 is 1.12 bits per heavy atom. The molecule has 0 aliphatic carbocycles. The number of amides is 2. The molecule has 2 heterocycles. The predicted molar refractivity (Wildman–Crippen MR) is 134 cm³/mol. The Morgan fingerprint density at radius 3 is 2.56 bits per heavy atom. The second kappa shape index (κ2) is 9.25. The molecule has 1 N–H and O–H groups in total. The Balaban J connectivity index is 1.61. The maximum absolute atomic E-state index is 13.3. The van der Waals surface area contributed by atoms with Gasteiger partial charge in [-0.3, -0.25) is 19.8 Å². The number of anilines is 2. The van der Waals surface area contributed by atoms with Gasteiger partial charge in [0.25, 0.3) is 11.8 Å². The molecule has 2 aliphatic heterocycles. The lowest BCUT2D eigenvalue weighted by molar-refractivity contribution is -0.122. The molecule has 0 bridgehead atoms. The summed E-state index contributed by atoms with van der Waals surface area (Å²) in [5, 5.41) is 2.78. The van der Waals surface area contributed by atoms with Gasteiger partial charge in [0.15, 0.2) is 5.11 Å². The van der Waals surface area contributed by atoms with Crippen molar-refractivity contribution in [1.29, 1.82) is 0 Å². The summed E-state index contributed by atoms with van der Waals surface area (Å²) < 4.78 is 0. The number of rotatable bonds is 6. The standard InChI is InChI=1S/C26H29N3O2S/c1-4-5-13-28-14-12-20-15-18(6-11-23(20)28)16-22-24(30)27-26(32)29(25(22)31)21-9-7-19(8-10-21)17(2)3/h6-11,15-17H,4-5,12-14H2,1-3H3,(H,27,30,32). The van der Waals surface area contributed by atoms with Gasteiger partial charge in [-0.15, -0.1) is 0 Å². The third kappa shape index (κ3) is 4.32. The summed E-state index contributed by atoms with van der Waals surface area (Å²) in [5.41, 5.74) is 5.28. The Hall–Kier alpha value is -2.99. The van der Waals surface area contributed by atoms with E-state index in [0.29, 0.717) is 11.6 Å². The van der Waals surface area contributed by atoms with Gasteiger partial charge >= 0.3 is 0 Å². The number of carbonyl (C=O) groups excluding carboxylic acids is 2. The number of nitrogens with zero attached hydrogens (tertiary/aromatic N) is 2.